The molecule has 0 radical (unpaired) electrons. The van der Waals surface area contributed by atoms with E-state index in [1.165, 1.54) is 19.3 Å². The van der Waals surface area contributed by atoms with Crippen LogP contribution in [0.4, 0.5) is 0 Å². The highest BCUT2D eigenvalue weighted by Crippen LogP contribution is 2.38. The fourth-order valence-corrected chi connectivity index (χ4v) is 3.25. The number of halogens is 1. The first-order chi connectivity index (χ1) is 9.24. The third-order valence-electron chi connectivity index (χ3n) is 4.09. The smallest absolute Gasteiger partial charge is 0.179 e. The zero-order valence-electron chi connectivity index (χ0n) is 11.2. The van der Waals surface area contributed by atoms with Gasteiger partial charge in [0.25, 0.3) is 0 Å². The average Bonchev–Trinajstić information content (AvgIpc) is 2.82. The molecule has 2 unspecified atom stereocenters. The first-order valence-corrected chi connectivity index (χ1v) is 7.43. The first kappa shape index (κ1) is 13.1. The van der Waals surface area contributed by atoms with E-state index in [-0.39, 0.29) is 0 Å². The predicted molar refractivity (Wildman–Crippen MR) is 76.1 cm³/mol. The van der Waals surface area contributed by atoms with Gasteiger partial charge >= 0.3 is 0 Å². The van der Waals surface area contributed by atoms with Gasteiger partial charge in [-0.05, 0) is 36.5 Å². The number of hydrogen-bond acceptors (Lipinski definition) is 3. The number of nitrogens with one attached hydrogen (secondary N) is 1. The van der Waals surface area contributed by atoms with Gasteiger partial charge in [0.05, 0.1) is 5.02 Å². The molecule has 1 heterocycles. The highest BCUT2D eigenvalue weighted by molar-refractivity contribution is 6.32. The van der Waals surface area contributed by atoms with Gasteiger partial charge in [0.15, 0.2) is 11.5 Å². The third-order valence-corrected chi connectivity index (χ3v) is 4.37. The van der Waals surface area contributed by atoms with Crippen molar-refractivity contribution in [3.05, 3.63) is 22.7 Å². The fourth-order valence-electron chi connectivity index (χ4n) is 2.96. The Morgan fingerprint density at radius 1 is 1.26 bits per heavy atom. The Balaban J connectivity index is 1.69. The van der Waals surface area contributed by atoms with Gasteiger partial charge in [-0.15, -0.1) is 0 Å². The first-order valence-electron chi connectivity index (χ1n) is 7.05. The Labute approximate surface area is 119 Å². The molecule has 1 N–H and O–H groups in total. The molecule has 2 aliphatic rings. The number of ether oxygens (including phenoxy) is 2. The van der Waals surface area contributed by atoms with Crippen LogP contribution >= 0.6 is 11.6 Å². The summed E-state index contributed by atoms with van der Waals surface area (Å²) in [5, 5.41) is 4.27. The van der Waals surface area contributed by atoms with Gasteiger partial charge in [-0.25, -0.2) is 0 Å². The zero-order valence-corrected chi connectivity index (χ0v) is 12.0. The lowest BCUT2D eigenvalue weighted by Gasteiger charge is -2.21. The molecule has 0 spiro atoms. The Morgan fingerprint density at radius 2 is 2.11 bits per heavy atom. The summed E-state index contributed by atoms with van der Waals surface area (Å²) in [6.07, 6.45) is 3.94. The van der Waals surface area contributed by atoms with Crippen LogP contribution in [0.15, 0.2) is 12.1 Å². The minimum Gasteiger partial charge on any atom is -0.486 e. The van der Waals surface area contributed by atoms with E-state index < -0.39 is 0 Å². The van der Waals surface area contributed by atoms with Crippen molar-refractivity contribution in [2.24, 2.45) is 5.92 Å². The molecule has 4 heteroatoms. The van der Waals surface area contributed by atoms with Crippen LogP contribution in [0.5, 0.6) is 11.5 Å². The molecule has 1 fully saturated rings. The molecule has 0 aromatic heterocycles. The summed E-state index contributed by atoms with van der Waals surface area (Å²) in [5.41, 5.74) is 1.16. The molecule has 0 bridgehead atoms. The maximum Gasteiger partial charge on any atom is 0.179 e. The van der Waals surface area contributed by atoms with Gasteiger partial charge in [0, 0.05) is 12.6 Å². The van der Waals surface area contributed by atoms with Gasteiger partial charge in [0.1, 0.15) is 13.2 Å². The second-order valence-corrected chi connectivity index (χ2v) is 5.90. The van der Waals surface area contributed by atoms with Crippen LogP contribution in [0.2, 0.25) is 5.02 Å². The third kappa shape index (κ3) is 2.82. The maximum atomic E-state index is 6.24. The molecule has 2 atom stereocenters. The van der Waals surface area contributed by atoms with Gasteiger partial charge in [-0.3, -0.25) is 0 Å². The molecular weight excluding hydrogens is 262 g/mol. The minimum atomic E-state index is 0.573. The van der Waals surface area contributed by atoms with E-state index in [1.807, 2.05) is 12.1 Å². The van der Waals surface area contributed by atoms with Crippen molar-refractivity contribution in [2.45, 2.75) is 38.8 Å². The van der Waals surface area contributed by atoms with E-state index in [0.29, 0.717) is 30.0 Å². The van der Waals surface area contributed by atoms with Gasteiger partial charge in [0.2, 0.25) is 0 Å². The van der Waals surface area contributed by atoms with Crippen molar-refractivity contribution in [2.75, 3.05) is 13.2 Å². The summed E-state index contributed by atoms with van der Waals surface area (Å²) < 4.78 is 11.1. The van der Waals surface area contributed by atoms with Crippen molar-refractivity contribution in [3.63, 3.8) is 0 Å². The van der Waals surface area contributed by atoms with Crippen molar-refractivity contribution < 1.29 is 9.47 Å². The van der Waals surface area contributed by atoms with E-state index in [9.17, 15) is 0 Å². The van der Waals surface area contributed by atoms with Crippen molar-refractivity contribution in [1.29, 1.82) is 0 Å². The molecule has 1 aliphatic heterocycles. The topological polar surface area (TPSA) is 30.5 Å². The lowest BCUT2D eigenvalue weighted by Crippen LogP contribution is -2.30. The van der Waals surface area contributed by atoms with Crippen molar-refractivity contribution in [3.8, 4) is 11.5 Å². The van der Waals surface area contributed by atoms with Crippen LogP contribution in [-0.4, -0.2) is 19.3 Å². The number of benzene rings is 1. The van der Waals surface area contributed by atoms with E-state index in [2.05, 4.69) is 12.2 Å². The molecule has 1 aliphatic carbocycles. The zero-order chi connectivity index (χ0) is 13.2. The Kier molecular flexibility index (Phi) is 3.85. The van der Waals surface area contributed by atoms with Gasteiger partial charge in [-0.1, -0.05) is 24.9 Å². The second kappa shape index (κ2) is 5.59. The molecule has 1 aromatic carbocycles. The fraction of sp³-hybridized carbons (Fsp3) is 0.600. The Hall–Kier alpha value is -0.930. The van der Waals surface area contributed by atoms with E-state index in [0.717, 1.165) is 23.8 Å². The van der Waals surface area contributed by atoms with Gasteiger partial charge in [-0.2, -0.15) is 0 Å². The number of rotatable bonds is 3. The molecule has 3 nitrogen and oxygen atoms in total. The van der Waals surface area contributed by atoms with Gasteiger partial charge < -0.3 is 14.8 Å². The summed E-state index contributed by atoms with van der Waals surface area (Å²) in [5.74, 6) is 2.23. The summed E-state index contributed by atoms with van der Waals surface area (Å²) in [6.45, 7) is 4.33. The lowest BCUT2D eigenvalue weighted by atomic mass is 10.1. The Morgan fingerprint density at radius 3 is 2.89 bits per heavy atom. The Bertz CT molecular complexity index is 464. The van der Waals surface area contributed by atoms with Crippen LogP contribution in [-0.2, 0) is 6.54 Å². The lowest BCUT2D eigenvalue weighted by molar-refractivity contribution is 0.171. The molecule has 0 saturated heterocycles. The second-order valence-electron chi connectivity index (χ2n) is 5.50. The van der Waals surface area contributed by atoms with Crippen molar-refractivity contribution in [1.82, 2.24) is 5.32 Å². The largest absolute Gasteiger partial charge is 0.486 e. The number of hydrogen-bond donors (Lipinski definition) is 1. The molecule has 1 aromatic rings. The summed E-state index contributed by atoms with van der Waals surface area (Å²) in [7, 11) is 0. The van der Waals surface area contributed by atoms with Crippen LogP contribution in [0.3, 0.4) is 0 Å². The summed E-state index contributed by atoms with van der Waals surface area (Å²) in [6, 6.07) is 4.64. The minimum absolute atomic E-state index is 0.573. The van der Waals surface area contributed by atoms with Crippen LogP contribution in [0.25, 0.3) is 0 Å². The molecule has 104 valence electrons. The van der Waals surface area contributed by atoms with E-state index >= 15 is 0 Å². The maximum absolute atomic E-state index is 6.24. The van der Waals surface area contributed by atoms with Crippen LogP contribution in [0.1, 0.15) is 31.7 Å². The summed E-state index contributed by atoms with van der Waals surface area (Å²) >= 11 is 6.24. The summed E-state index contributed by atoms with van der Waals surface area (Å²) in [4.78, 5) is 0. The van der Waals surface area contributed by atoms with E-state index in [1.54, 1.807) is 0 Å². The predicted octanol–water partition coefficient (Wildman–Crippen LogP) is 3.39. The standard InChI is InChI=1S/C15H20ClNO2/c1-10-3-2-4-13(10)17-9-11-7-12(16)15-14(8-11)18-5-6-19-15/h7-8,10,13,17H,2-6,9H2,1H3. The van der Waals surface area contributed by atoms with Crippen LogP contribution < -0.4 is 14.8 Å². The quantitative estimate of drug-likeness (QED) is 0.921. The molecule has 1 saturated carbocycles. The highest BCUT2D eigenvalue weighted by atomic mass is 35.5. The highest BCUT2D eigenvalue weighted by Gasteiger charge is 2.23. The van der Waals surface area contributed by atoms with Crippen LogP contribution in [0, 0.1) is 5.92 Å². The van der Waals surface area contributed by atoms with E-state index in [4.69, 9.17) is 21.1 Å². The molecule has 0 amide bonds. The molecule has 3 rings (SSSR count). The monoisotopic (exact) mass is 281 g/mol. The SMILES string of the molecule is CC1CCCC1NCc1cc(Cl)c2c(c1)OCCO2. The normalized spacial score (nSPS) is 25.6. The molecular formula is C15H20ClNO2. The molecule has 19 heavy (non-hydrogen) atoms. The van der Waals surface area contributed by atoms with Crippen molar-refractivity contribution >= 4 is 11.6 Å². The average molecular weight is 282 g/mol. The number of fused-ring (bicyclic) bond motifs is 1.